The number of hydrogen-bond donors (Lipinski definition) is 1. The van der Waals surface area contributed by atoms with Crippen LogP contribution >= 0.6 is 11.6 Å². The van der Waals surface area contributed by atoms with Crippen molar-refractivity contribution in [1.82, 2.24) is 14.8 Å². The summed E-state index contributed by atoms with van der Waals surface area (Å²) in [6.45, 7) is 1.72. The van der Waals surface area contributed by atoms with Gasteiger partial charge in [-0.3, -0.25) is 4.79 Å². The van der Waals surface area contributed by atoms with E-state index in [0.717, 1.165) is 25.0 Å². The van der Waals surface area contributed by atoms with E-state index in [-0.39, 0.29) is 11.8 Å². The number of halogens is 3. The van der Waals surface area contributed by atoms with Gasteiger partial charge < -0.3 is 15.0 Å². The van der Waals surface area contributed by atoms with E-state index in [9.17, 15) is 13.6 Å². The lowest BCUT2D eigenvalue weighted by Gasteiger charge is -2.17. The van der Waals surface area contributed by atoms with Gasteiger partial charge in [-0.1, -0.05) is 11.6 Å². The lowest BCUT2D eigenvalue weighted by atomic mass is 10.1. The average Bonchev–Trinajstić information content (AvgIpc) is 3.42. The number of rotatable bonds is 6. The van der Waals surface area contributed by atoms with E-state index in [1.807, 2.05) is 4.57 Å². The Balaban J connectivity index is 1.69. The number of ether oxygens (including phenoxy) is 1. The standard InChI is InChI=1S/C20H17ClF2N4O2/c1-10(29-17-7-3-12(22)9-16(17)23)19-25-26-20(27(19)13-4-5-13)14-6-2-11(18(24)28)8-15(14)21/h2-3,6-10,13H,4-5H2,1H3,(H2,24,28). The van der Waals surface area contributed by atoms with Crippen LogP contribution in [0.4, 0.5) is 8.78 Å². The Labute approximate surface area is 170 Å². The summed E-state index contributed by atoms with van der Waals surface area (Å²) in [5.41, 5.74) is 6.19. The highest BCUT2D eigenvalue weighted by Crippen LogP contribution is 2.42. The molecule has 1 saturated carbocycles. The fourth-order valence-electron chi connectivity index (χ4n) is 3.12. The van der Waals surface area contributed by atoms with Crippen LogP contribution in [0.15, 0.2) is 36.4 Å². The van der Waals surface area contributed by atoms with Gasteiger partial charge in [0.05, 0.1) is 5.02 Å². The maximum absolute atomic E-state index is 14.0. The highest BCUT2D eigenvalue weighted by molar-refractivity contribution is 6.33. The van der Waals surface area contributed by atoms with Crippen molar-refractivity contribution < 1.29 is 18.3 Å². The van der Waals surface area contributed by atoms with Gasteiger partial charge in [-0.15, -0.1) is 10.2 Å². The summed E-state index contributed by atoms with van der Waals surface area (Å²) in [7, 11) is 0. The molecule has 9 heteroatoms. The highest BCUT2D eigenvalue weighted by Gasteiger charge is 2.33. The first-order valence-electron chi connectivity index (χ1n) is 9.01. The molecule has 150 valence electrons. The third kappa shape index (κ3) is 3.80. The SMILES string of the molecule is CC(Oc1ccc(F)cc1F)c1nnc(-c2ccc(C(N)=O)cc2Cl)n1C1CC1. The minimum atomic E-state index is -0.792. The van der Waals surface area contributed by atoms with Crippen molar-refractivity contribution in [3.05, 3.63) is 64.4 Å². The Morgan fingerprint density at radius 3 is 2.62 bits per heavy atom. The zero-order valence-electron chi connectivity index (χ0n) is 15.4. The number of nitrogens with two attached hydrogens (primary N) is 1. The summed E-state index contributed by atoms with van der Waals surface area (Å²) >= 11 is 6.35. The molecule has 1 unspecified atom stereocenters. The first-order valence-corrected chi connectivity index (χ1v) is 9.39. The van der Waals surface area contributed by atoms with E-state index in [1.54, 1.807) is 19.1 Å². The zero-order chi connectivity index (χ0) is 20.7. The zero-order valence-corrected chi connectivity index (χ0v) is 16.2. The molecule has 1 aromatic heterocycles. The van der Waals surface area contributed by atoms with Gasteiger partial charge in [0.2, 0.25) is 5.91 Å². The maximum Gasteiger partial charge on any atom is 0.248 e. The van der Waals surface area contributed by atoms with Gasteiger partial charge in [-0.2, -0.15) is 0 Å². The van der Waals surface area contributed by atoms with Gasteiger partial charge in [-0.25, -0.2) is 8.78 Å². The molecule has 3 aromatic rings. The van der Waals surface area contributed by atoms with Crippen molar-refractivity contribution in [1.29, 1.82) is 0 Å². The lowest BCUT2D eigenvalue weighted by Crippen LogP contribution is -2.13. The summed E-state index contributed by atoms with van der Waals surface area (Å²) in [5, 5.41) is 8.82. The van der Waals surface area contributed by atoms with Crippen molar-refractivity contribution in [2.24, 2.45) is 5.73 Å². The van der Waals surface area contributed by atoms with Crippen molar-refractivity contribution in [2.45, 2.75) is 31.9 Å². The summed E-state index contributed by atoms with van der Waals surface area (Å²) in [4.78, 5) is 11.4. The van der Waals surface area contributed by atoms with E-state index in [0.29, 0.717) is 27.8 Å². The van der Waals surface area contributed by atoms with Crippen LogP contribution in [0.5, 0.6) is 5.75 Å². The monoisotopic (exact) mass is 418 g/mol. The third-order valence-corrected chi connectivity index (χ3v) is 5.00. The minimum Gasteiger partial charge on any atom is -0.480 e. The Morgan fingerprint density at radius 2 is 2.00 bits per heavy atom. The molecule has 0 aliphatic heterocycles. The Bertz CT molecular complexity index is 1100. The van der Waals surface area contributed by atoms with Gasteiger partial charge in [0.25, 0.3) is 0 Å². The number of aromatic nitrogens is 3. The normalized spacial score (nSPS) is 14.6. The fourth-order valence-corrected chi connectivity index (χ4v) is 3.39. The fraction of sp³-hybridized carbons (Fsp3) is 0.250. The predicted molar refractivity (Wildman–Crippen MR) is 103 cm³/mol. The summed E-state index contributed by atoms with van der Waals surface area (Å²) in [6, 6.07) is 8.02. The quantitative estimate of drug-likeness (QED) is 0.641. The van der Waals surface area contributed by atoms with Crippen LogP contribution < -0.4 is 10.5 Å². The van der Waals surface area contributed by atoms with Crippen LogP contribution in [0.25, 0.3) is 11.4 Å². The molecule has 2 aromatic carbocycles. The number of carbonyl (C=O) groups is 1. The largest absolute Gasteiger partial charge is 0.480 e. The molecule has 0 saturated heterocycles. The van der Waals surface area contributed by atoms with Crippen molar-refractivity contribution in [2.75, 3.05) is 0 Å². The number of carbonyl (C=O) groups excluding carboxylic acids is 1. The van der Waals surface area contributed by atoms with Crippen LogP contribution in [-0.4, -0.2) is 20.7 Å². The van der Waals surface area contributed by atoms with E-state index in [2.05, 4.69) is 10.2 Å². The molecular formula is C20H17ClF2N4O2. The first kappa shape index (κ1) is 19.3. The number of primary amides is 1. The molecule has 1 aliphatic rings. The Hall–Kier alpha value is -3.00. The van der Waals surface area contributed by atoms with Crippen LogP contribution in [0.3, 0.4) is 0 Å². The molecule has 4 rings (SSSR count). The molecule has 29 heavy (non-hydrogen) atoms. The van der Waals surface area contributed by atoms with Crippen molar-refractivity contribution in [3.63, 3.8) is 0 Å². The second-order valence-electron chi connectivity index (χ2n) is 6.88. The van der Waals surface area contributed by atoms with Gasteiger partial charge in [0.1, 0.15) is 5.82 Å². The van der Waals surface area contributed by atoms with Crippen LogP contribution in [0.2, 0.25) is 5.02 Å². The summed E-state index contributed by atoms with van der Waals surface area (Å²) in [6.07, 6.45) is 1.24. The molecule has 1 aliphatic carbocycles. The average molecular weight is 419 g/mol. The van der Waals surface area contributed by atoms with Crippen molar-refractivity contribution >= 4 is 17.5 Å². The molecular weight excluding hydrogens is 402 g/mol. The van der Waals surface area contributed by atoms with Crippen LogP contribution in [0.1, 0.15) is 48.1 Å². The predicted octanol–water partition coefficient (Wildman–Crippen LogP) is 4.45. The van der Waals surface area contributed by atoms with E-state index < -0.39 is 23.6 Å². The summed E-state index contributed by atoms with van der Waals surface area (Å²) < 4.78 is 34.7. The molecule has 0 bridgehead atoms. The van der Waals surface area contributed by atoms with Gasteiger partial charge in [-0.05, 0) is 50.1 Å². The van der Waals surface area contributed by atoms with E-state index >= 15 is 0 Å². The van der Waals surface area contributed by atoms with Gasteiger partial charge in [0, 0.05) is 23.2 Å². The van der Waals surface area contributed by atoms with Crippen LogP contribution in [-0.2, 0) is 0 Å². The first-order chi connectivity index (χ1) is 13.8. The second kappa shape index (κ2) is 7.44. The second-order valence-corrected chi connectivity index (χ2v) is 7.28. The number of hydrogen-bond acceptors (Lipinski definition) is 4. The molecule has 0 radical (unpaired) electrons. The number of nitrogens with zero attached hydrogens (tertiary/aromatic N) is 3. The number of benzene rings is 2. The van der Waals surface area contributed by atoms with E-state index in [4.69, 9.17) is 22.1 Å². The molecule has 1 fully saturated rings. The minimum absolute atomic E-state index is 0.0744. The van der Waals surface area contributed by atoms with Crippen LogP contribution in [0, 0.1) is 11.6 Å². The van der Waals surface area contributed by atoms with Gasteiger partial charge in [0.15, 0.2) is 29.3 Å². The molecule has 1 atom stereocenters. The Kier molecular flexibility index (Phi) is 4.96. The Morgan fingerprint density at radius 1 is 1.24 bits per heavy atom. The third-order valence-electron chi connectivity index (χ3n) is 4.69. The molecule has 0 spiro atoms. The maximum atomic E-state index is 14.0. The topological polar surface area (TPSA) is 83.0 Å². The van der Waals surface area contributed by atoms with Gasteiger partial charge >= 0.3 is 0 Å². The van der Waals surface area contributed by atoms with E-state index in [1.165, 1.54) is 12.1 Å². The number of amides is 1. The highest BCUT2D eigenvalue weighted by atomic mass is 35.5. The molecule has 6 nitrogen and oxygen atoms in total. The molecule has 1 heterocycles. The van der Waals surface area contributed by atoms with Crippen molar-refractivity contribution in [3.8, 4) is 17.1 Å². The molecule has 2 N–H and O–H groups in total. The lowest BCUT2D eigenvalue weighted by molar-refractivity contribution is 0.100. The molecule has 1 amide bonds. The smallest absolute Gasteiger partial charge is 0.248 e. The summed E-state index contributed by atoms with van der Waals surface area (Å²) in [5.74, 6) is -1.10.